The number of carbonyl (C=O) groups is 1. The summed E-state index contributed by atoms with van der Waals surface area (Å²) in [5.41, 5.74) is 1.70. The standard InChI is InChI=1S/C23H23FI2N2O2S/c1-13(2)27-23-28(14(3)4)22(29)20(31-23)11-16-9-18(25)21(19(26)10-16)30-12-15-6-5-7-17(24)8-15/h5-11,13-14H,12H2,1-4H3/b20-11+,27-23?. The van der Waals surface area contributed by atoms with Gasteiger partial charge in [-0.1, -0.05) is 12.1 Å². The Morgan fingerprint density at radius 3 is 2.42 bits per heavy atom. The third kappa shape index (κ3) is 6.22. The minimum Gasteiger partial charge on any atom is -0.487 e. The molecule has 0 atom stereocenters. The van der Waals surface area contributed by atoms with Crippen LogP contribution in [0.4, 0.5) is 4.39 Å². The summed E-state index contributed by atoms with van der Waals surface area (Å²) in [4.78, 5) is 20.0. The van der Waals surface area contributed by atoms with Crippen molar-refractivity contribution in [3.05, 3.63) is 65.4 Å². The molecule has 1 heterocycles. The molecule has 164 valence electrons. The Bertz CT molecular complexity index is 1030. The van der Waals surface area contributed by atoms with Crippen LogP contribution in [0.25, 0.3) is 6.08 Å². The molecule has 31 heavy (non-hydrogen) atoms. The summed E-state index contributed by atoms with van der Waals surface area (Å²) >= 11 is 5.88. The van der Waals surface area contributed by atoms with Crippen molar-refractivity contribution >= 4 is 74.1 Å². The van der Waals surface area contributed by atoms with Gasteiger partial charge in [0.25, 0.3) is 5.91 Å². The zero-order valence-corrected chi connectivity index (χ0v) is 22.8. The second-order valence-electron chi connectivity index (χ2n) is 7.62. The first-order valence-electron chi connectivity index (χ1n) is 9.83. The lowest BCUT2D eigenvalue weighted by Gasteiger charge is -2.20. The molecule has 0 N–H and O–H groups in total. The fraction of sp³-hybridized carbons (Fsp3) is 0.304. The van der Waals surface area contributed by atoms with Gasteiger partial charge in [-0.2, -0.15) is 0 Å². The van der Waals surface area contributed by atoms with E-state index in [1.165, 1.54) is 23.9 Å². The lowest BCUT2D eigenvalue weighted by atomic mass is 10.2. The van der Waals surface area contributed by atoms with Gasteiger partial charge in [0.2, 0.25) is 0 Å². The number of benzene rings is 2. The number of carbonyl (C=O) groups excluding carboxylic acids is 1. The van der Waals surface area contributed by atoms with Crippen LogP contribution in [0.2, 0.25) is 0 Å². The van der Waals surface area contributed by atoms with Crippen molar-refractivity contribution in [2.75, 3.05) is 0 Å². The normalized spacial score (nSPS) is 16.9. The molecular weight excluding hydrogens is 641 g/mol. The van der Waals surface area contributed by atoms with Crippen molar-refractivity contribution in [3.8, 4) is 5.75 Å². The molecular formula is C23H23FI2N2O2S. The molecule has 0 unspecified atom stereocenters. The van der Waals surface area contributed by atoms with Crippen LogP contribution in [0, 0.1) is 13.0 Å². The lowest BCUT2D eigenvalue weighted by Crippen LogP contribution is -2.35. The molecule has 0 radical (unpaired) electrons. The second kappa shape index (κ2) is 10.7. The van der Waals surface area contributed by atoms with Crippen molar-refractivity contribution in [2.24, 2.45) is 4.99 Å². The van der Waals surface area contributed by atoms with Crippen molar-refractivity contribution in [3.63, 3.8) is 0 Å². The summed E-state index contributed by atoms with van der Waals surface area (Å²) < 4.78 is 21.2. The van der Waals surface area contributed by atoms with Crippen LogP contribution in [0.3, 0.4) is 0 Å². The minimum absolute atomic E-state index is 0.0177. The highest BCUT2D eigenvalue weighted by Gasteiger charge is 2.35. The van der Waals surface area contributed by atoms with E-state index in [1.807, 2.05) is 52.0 Å². The quantitative estimate of drug-likeness (QED) is 0.255. The van der Waals surface area contributed by atoms with Crippen LogP contribution in [0.1, 0.15) is 38.8 Å². The van der Waals surface area contributed by atoms with Gasteiger partial charge < -0.3 is 4.74 Å². The molecule has 0 aromatic heterocycles. The van der Waals surface area contributed by atoms with Gasteiger partial charge in [0.15, 0.2) is 5.17 Å². The monoisotopic (exact) mass is 664 g/mol. The highest BCUT2D eigenvalue weighted by Crippen LogP contribution is 2.36. The Morgan fingerprint density at radius 2 is 1.84 bits per heavy atom. The molecule has 2 aromatic carbocycles. The van der Waals surface area contributed by atoms with Gasteiger partial charge >= 0.3 is 0 Å². The fourth-order valence-corrected chi connectivity index (χ4v) is 6.35. The lowest BCUT2D eigenvalue weighted by molar-refractivity contribution is -0.123. The molecule has 4 nitrogen and oxygen atoms in total. The third-order valence-corrected chi connectivity index (χ3v) is 6.91. The summed E-state index contributed by atoms with van der Waals surface area (Å²) in [5, 5.41) is 0.751. The van der Waals surface area contributed by atoms with Crippen LogP contribution in [0.5, 0.6) is 5.75 Å². The number of amidine groups is 1. The molecule has 8 heteroatoms. The molecule has 1 amide bonds. The first-order valence-corrected chi connectivity index (χ1v) is 12.8. The van der Waals surface area contributed by atoms with Crippen LogP contribution in [-0.2, 0) is 11.4 Å². The van der Waals surface area contributed by atoms with Gasteiger partial charge in [0, 0.05) is 12.1 Å². The minimum atomic E-state index is -0.276. The zero-order valence-electron chi connectivity index (χ0n) is 17.7. The summed E-state index contributed by atoms with van der Waals surface area (Å²) in [6.45, 7) is 8.29. The number of hydrogen-bond acceptors (Lipinski definition) is 4. The smallest absolute Gasteiger partial charge is 0.266 e. The maximum Gasteiger partial charge on any atom is 0.266 e. The maximum absolute atomic E-state index is 13.4. The van der Waals surface area contributed by atoms with E-state index in [0.717, 1.165) is 29.2 Å². The first kappa shape index (κ1) is 24.5. The number of halogens is 3. The van der Waals surface area contributed by atoms with Crippen molar-refractivity contribution < 1.29 is 13.9 Å². The molecule has 0 saturated carbocycles. The molecule has 1 aliphatic rings. The van der Waals surface area contributed by atoms with Crippen molar-refractivity contribution in [2.45, 2.75) is 46.4 Å². The van der Waals surface area contributed by atoms with Crippen LogP contribution >= 0.6 is 56.9 Å². The number of hydrogen-bond donors (Lipinski definition) is 0. The third-order valence-electron chi connectivity index (χ3n) is 4.31. The van der Waals surface area contributed by atoms with Crippen LogP contribution in [-0.4, -0.2) is 28.1 Å². The molecule has 1 fully saturated rings. The number of amides is 1. The van der Waals surface area contributed by atoms with Gasteiger partial charge in [-0.3, -0.25) is 14.7 Å². The molecule has 0 spiro atoms. The molecule has 2 aromatic rings. The largest absolute Gasteiger partial charge is 0.487 e. The summed E-state index contributed by atoms with van der Waals surface area (Å²) in [6.07, 6.45) is 1.91. The fourth-order valence-electron chi connectivity index (χ4n) is 2.99. The first-order chi connectivity index (χ1) is 14.7. The van der Waals surface area contributed by atoms with Crippen LogP contribution in [0.15, 0.2) is 46.3 Å². The van der Waals surface area contributed by atoms with Gasteiger partial charge in [-0.25, -0.2) is 4.39 Å². The molecule has 3 rings (SSSR count). The summed E-state index contributed by atoms with van der Waals surface area (Å²) in [5.74, 6) is 0.460. The van der Waals surface area contributed by atoms with Gasteiger partial charge in [-0.15, -0.1) is 0 Å². The van der Waals surface area contributed by atoms with Crippen molar-refractivity contribution in [1.29, 1.82) is 0 Å². The zero-order chi connectivity index (χ0) is 22.7. The average Bonchev–Trinajstić information content (AvgIpc) is 2.95. The number of nitrogens with zero attached hydrogens (tertiary/aromatic N) is 2. The predicted octanol–water partition coefficient (Wildman–Crippen LogP) is 6.70. The number of ether oxygens (including phenoxy) is 1. The maximum atomic E-state index is 13.4. The van der Waals surface area contributed by atoms with E-state index in [9.17, 15) is 9.18 Å². The van der Waals surface area contributed by atoms with E-state index in [1.54, 1.807) is 11.0 Å². The van der Waals surface area contributed by atoms with Crippen LogP contribution < -0.4 is 4.74 Å². The van der Waals surface area contributed by atoms with Gasteiger partial charge in [0.1, 0.15) is 18.2 Å². The van der Waals surface area contributed by atoms with E-state index in [-0.39, 0.29) is 30.4 Å². The molecule has 0 aliphatic carbocycles. The Balaban J connectivity index is 1.84. The Hall–Kier alpha value is -1.14. The van der Waals surface area contributed by atoms with Gasteiger partial charge in [0.05, 0.1) is 12.0 Å². The van der Waals surface area contributed by atoms with Gasteiger partial charge in [-0.05, 0) is 126 Å². The van der Waals surface area contributed by atoms with E-state index in [0.29, 0.717) is 4.91 Å². The highest BCUT2D eigenvalue weighted by molar-refractivity contribution is 14.1. The van der Waals surface area contributed by atoms with E-state index in [4.69, 9.17) is 4.74 Å². The van der Waals surface area contributed by atoms with Crippen molar-refractivity contribution in [1.82, 2.24) is 4.90 Å². The van der Waals surface area contributed by atoms with E-state index < -0.39 is 0 Å². The van der Waals surface area contributed by atoms with E-state index >= 15 is 0 Å². The Labute approximate surface area is 214 Å². The Morgan fingerprint density at radius 1 is 1.16 bits per heavy atom. The topological polar surface area (TPSA) is 41.9 Å². The summed E-state index contributed by atoms with van der Waals surface area (Å²) in [6, 6.07) is 10.5. The molecule has 0 bridgehead atoms. The highest BCUT2D eigenvalue weighted by atomic mass is 127. The second-order valence-corrected chi connectivity index (χ2v) is 11.0. The molecule has 1 saturated heterocycles. The number of rotatable bonds is 6. The summed E-state index contributed by atoms with van der Waals surface area (Å²) in [7, 11) is 0. The SMILES string of the molecule is CC(C)N=C1S/C(=C/c2cc(I)c(OCc3cccc(F)c3)c(I)c2)C(=O)N1C(C)C. The average molecular weight is 664 g/mol. The number of thioether (sulfide) groups is 1. The van der Waals surface area contributed by atoms with E-state index in [2.05, 4.69) is 50.2 Å². The Kier molecular flexibility index (Phi) is 8.42. The predicted molar refractivity (Wildman–Crippen MR) is 143 cm³/mol. The molecule has 1 aliphatic heterocycles. The number of aliphatic imine (C=N–C) groups is 1.